The Bertz CT molecular complexity index is 361. The van der Waals surface area contributed by atoms with Gasteiger partial charge >= 0.3 is 5.97 Å². The highest BCUT2D eigenvalue weighted by molar-refractivity contribution is 7.89. The number of carboxylic acid groups (broad SMARTS) is 1. The first kappa shape index (κ1) is 13.4. The van der Waals surface area contributed by atoms with Gasteiger partial charge in [0, 0.05) is 6.04 Å². The lowest BCUT2D eigenvalue weighted by atomic mass is 9.92. The molecule has 0 amide bonds. The lowest BCUT2D eigenvalue weighted by Gasteiger charge is -2.17. The molecule has 0 heterocycles. The van der Waals surface area contributed by atoms with Crippen LogP contribution in [0.3, 0.4) is 0 Å². The maximum absolute atomic E-state index is 11.5. The fraction of sp³-hybridized carbons (Fsp3) is 0.900. The lowest BCUT2D eigenvalue weighted by molar-refractivity contribution is -0.136. The van der Waals surface area contributed by atoms with Crippen LogP contribution in [-0.2, 0) is 14.8 Å². The highest BCUT2D eigenvalue weighted by atomic mass is 32.2. The third kappa shape index (κ3) is 4.49. The molecular weight excluding hydrogens is 230 g/mol. The Morgan fingerprint density at radius 1 is 1.50 bits per heavy atom. The van der Waals surface area contributed by atoms with Crippen LogP contribution in [0.25, 0.3) is 0 Å². The van der Waals surface area contributed by atoms with E-state index in [1.165, 1.54) is 0 Å². The Hall–Kier alpha value is -0.620. The summed E-state index contributed by atoms with van der Waals surface area (Å²) in [7, 11) is -3.44. The Balaban J connectivity index is 2.45. The normalized spacial score (nSPS) is 24.5. The summed E-state index contributed by atoms with van der Waals surface area (Å²) in [5.74, 6) is -1.42. The van der Waals surface area contributed by atoms with Gasteiger partial charge in [-0.1, -0.05) is 13.8 Å². The zero-order valence-electron chi connectivity index (χ0n) is 9.69. The van der Waals surface area contributed by atoms with E-state index in [-0.39, 0.29) is 23.6 Å². The first-order chi connectivity index (χ1) is 7.20. The number of sulfonamides is 1. The van der Waals surface area contributed by atoms with Crippen molar-refractivity contribution in [2.75, 3.05) is 5.75 Å². The van der Waals surface area contributed by atoms with E-state index in [2.05, 4.69) is 18.6 Å². The molecule has 1 rings (SSSR count). The first-order valence-corrected chi connectivity index (χ1v) is 7.07. The second-order valence-corrected chi connectivity index (χ2v) is 7.06. The van der Waals surface area contributed by atoms with Gasteiger partial charge in [-0.05, 0) is 24.7 Å². The summed E-state index contributed by atoms with van der Waals surface area (Å²) in [5.41, 5.74) is 0.181. The van der Waals surface area contributed by atoms with Crippen molar-refractivity contribution in [3.05, 3.63) is 0 Å². The van der Waals surface area contributed by atoms with Gasteiger partial charge in [0.2, 0.25) is 10.0 Å². The predicted octanol–water partition coefficient (Wildman–Crippen LogP) is 0.959. The van der Waals surface area contributed by atoms with E-state index in [0.717, 1.165) is 19.3 Å². The van der Waals surface area contributed by atoms with Crippen molar-refractivity contribution in [2.45, 2.75) is 45.6 Å². The average Bonchev–Trinajstić information content (AvgIpc) is 2.41. The molecule has 0 aromatic rings. The monoisotopic (exact) mass is 249 g/mol. The summed E-state index contributed by atoms with van der Waals surface area (Å²) < 4.78 is 25.6. The van der Waals surface area contributed by atoms with Crippen LogP contribution in [0.4, 0.5) is 0 Å². The van der Waals surface area contributed by atoms with Crippen LogP contribution in [0, 0.1) is 5.41 Å². The molecule has 6 heteroatoms. The molecule has 1 fully saturated rings. The van der Waals surface area contributed by atoms with Crippen LogP contribution < -0.4 is 4.72 Å². The zero-order valence-corrected chi connectivity index (χ0v) is 10.5. The fourth-order valence-electron chi connectivity index (χ4n) is 2.07. The molecule has 5 nitrogen and oxygen atoms in total. The molecule has 94 valence electrons. The number of nitrogens with one attached hydrogen (secondary N) is 1. The molecule has 0 aliphatic heterocycles. The fourth-order valence-corrected chi connectivity index (χ4v) is 3.34. The minimum atomic E-state index is -3.44. The Morgan fingerprint density at radius 3 is 2.56 bits per heavy atom. The molecule has 16 heavy (non-hydrogen) atoms. The molecular formula is C10H19NO4S. The summed E-state index contributed by atoms with van der Waals surface area (Å²) in [6.45, 7) is 4.22. The van der Waals surface area contributed by atoms with Crippen LogP contribution in [0.1, 0.15) is 39.5 Å². The van der Waals surface area contributed by atoms with Gasteiger partial charge in [-0.3, -0.25) is 4.79 Å². The largest absolute Gasteiger partial charge is 0.481 e. The van der Waals surface area contributed by atoms with Crippen molar-refractivity contribution in [2.24, 2.45) is 5.41 Å². The van der Waals surface area contributed by atoms with Gasteiger partial charge in [0.05, 0.1) is 12.2 Å². The number of rotatable bonds is 5. The molecule has 0 saturated heterocycles. The Labute approximate surface area is 96.3 Å². The van der Waals surface area contributed by atoms with Gasteiger partial charge in [0.1, 0.15) is 0 Å². The number of carbonyl (C=O) groups is 1. The Morgan fingerprint density at radius 2 is 2.12 bits per heavy atom. The predicted molar refractivity (Wildman–Crippen MR) is 60.6 cm³/mol. The summed E-state index contributed by atoms with van der Waals surface area (Å²) in [4.78, 5) is 10.3. The van der Waals surface area contributed by atoms with Crippen molar-refractivity contribution in [3.63, 3.8) is 0 Å². The minimum Gasteiger partial charge on any atom is -0.481 e. The van der Waals surface area contributed by atoms with Crippen LogP contribution in [0.2, 0.25) is 0 Å². The molecule has 2 N–H and O–H groups in total. The molecule has 1 aliphatic rings. The smallest absolute Gasteiger partial charge is 0.304 e. The second kappa shape index (κ2) is 4.71. The average molecular weight is 249 g/mol. The number of aliphatic carboxylic acids is 1. The molecule has 0 radical (unpaired) electrons. The Kier molecular flexibility index (Phi) is 3.96. The maximum Gasteiger partial charge on any atom is 0.304 e. The number of carboxylic acids is 1. The van der Waals surface area contributed by atoms with Gasteiger partial charge in [-0.25, -0.2) is 13.1 Å². The van der Waals surface area contributed by atoms with E-state index < -0.39 is 16.0 Å². The van der Waals surface area contributed by atoms with E-state index in [4.69, 9.17) is 5.11 Å². The maximum atomic E-state index is 11.5. The molecule has 1 saturated carbocycles. The lowest BCUT2D eigenvalue weighted by Crippen LogP contribution is -2.35. The zero-order chi connectivity index (χ0) is 12.4. The molecule has 1 aliphatic carbocycles. The van der Waals surface area contributed by atoms with Gasteiger partial charge in [-0.15, -0.1) is 0 Å². The van der Waals surface area contributed by atoms with Gasteiger partial charge in [-0.2, -0.15) is 0 Å². The minimum absolute atomic E-state index is 0.0335. The molecule has 0 bridgehead atoms. The number of hydrogen-bond donors (Lipinski definition) is 2. The molecule has 0 aromatic carbocycles. The molecule has 0 aromatic heterocycles. The summed E-state index contributed by atoms with van der Waals surface area (Å²) in [6, 6.07) is -0.0335. The van der Waals surface area contributed by atoms with Gasteiger partial charge in [0.15, 0.2) is 0 Å². The summed E-state index contributed by atoms with van der Waals surface area (Å²) in [6.07, 6.45) is 2.31. The highest BCUT2D eigenvalue weighted by Crippen LogP contribution is 2.37. The van der Waals surface area contributed by atoms with Crippen molar-refractivity contribution < 1.29 is 18.3 Å². The van der Waals surface area contributed by atoms with Crippen LogP contribution in [-0.4, -0.2) is 31.3 Å². The van der Waals surface area contributed by atoms with Crippen molar-refractivity contribution in [3.8, 4) is 0 Å². The van der Waals surface area contributed by atoms with Crippen molar-refractivity contribution >= 4 is 16.0 Å². The standard InChI is InChI=1S/C10H19NO4S/c1-10(2)5-3-8(7-10)11-16(14,15)6-4-9(12)13/h8,11H,3-7H2,1-2H3,(H,12,13). The molecule has 0 spiro atoms. The van der Waals surface area contributed by atoms with Crippen molar-refractivity contribution in [1.29, 1.82) is 0 Å². The van der Waals surface area contributed by atoms with E-state index in [0.29, 0.717) is 0 Å². The third-order valence-corrected chi connectivity index (χ3v) is 4.33. The van der Waals surface area contributed by atoms with Crippen molar-refractivity contribution in [1.82, 2.24) is 4.72 Å². The summed E-state index contributed by atoms with van der Waals surface area (Å²) in [5, 5.41) is 8.43. The molecule has 1 atom stereocenters. The summed E-state index contributed by atoms with van der Waals surface area (Å²) >= 11 is 0. The van der Waals surface area contributed by atoms with E-state index in [1.54, 1.807) is 0 Å². The van der Waals surface area contributed by atoms with Gasteiger partial charge in [0.25, 0.3) is 0 Å². The van der Waals surface area contributed by atoms with Crippen LogP contribution in [0.5, 0.6) is 0 Å². The SMILES string of the molecule is CC1(C)CCC(NS(=O)(=O)CCC(=O)O)C1. The third-order valence-electron chi connectivity index (χ3n) is 2.90. The molecule has 1 unspecified atom stereocenters. The second-order valence-electron chi connectivity index (χ2n) is 5.18. The topological polar surface area (TPSA) is 83.5 Å². The van der Waals surface area contributed by atoms with E-state index >= 15 is 0 Å². The highest BCUT2D eigenvalue weighted by Gasteiger charge is 2.33. The van der Waals surface area contributed by atoms with Gasteiger partial charge < -0.3 is 5.11 Å². The first-order valence-electron chi connectivity index (χ1n) is 5.42. The number of hydrogen-bond acceptors (Lipinski definition) is 3. The van der Waals surface area contributed by atoms with Crippen LogP contribution in [0.15, 0.2) is 0 Å². The van der Waals surface area contributed by atoms with E-state index in [9.17, 15) is 13.2 Å². The quantitative estimate of drug-likeness (QED) is 0.760. The van der Waals surface area contributed by atoms with Crippen LogP contribution >= 0.6 is 0 Å². The van der Waals surface area contributed by atoms with E-state index in [1.807, 2.05) is 0 Å².